The molecule has 0 unspecified atom stereocenters. The van der Waals surface area contributed by atoms with Crippen molar-refractivity contribution in [2.75, 3.05) is 19.0 Å². The van der Waals surface area contributed by atoms with E-state index in [9.17, 15) is 9.59 Å². The third-order valence-electron chi connectivity index (χ3n) is 2.65. The van der Waals surface area contributed by atoms with Crippen LogP contribution in [0.2, 0.25) is 0 Å². The molecular formula is C12H20N4O3S. The van der Waals surface area contributed by atoms with Crippen LogP contribution in [0.3, 0.4) is 0 Å². The molecule has 0 spiro atoms. The number of methoxy groups -OCH3 is 1. The largest absolute Gasteiger partial charge is 0.469 e. The van der Waals surface area contributed by atoms with Gasteiger partial charge in [0.1, 0.15) is 5.51 Å². The zero-order valence-electron chi connectivity index (χ0n) is 11.6. The number of unbranched alkanes of at least 4 members (excludes halogenated alkanes) is 4. The summed E-state index contributed by atoms with van der Waals surface area (Å²) in [6.45, 7) is 0.627. The molecule has 2 amide bonds. The van der Waals surface area contributed by atoms with Gasteiger partial charge in [-0.05, 0) is 12.8 Å². The van der Waals surface area contributed by atoms with E-state index in [0.29, 0.717) is 18.1 Å². The highest BCUT2D eigenvalue weighted by Crippen LogP contribution is 2.07. The average molecular weight is 300 g/mol. The van der Waals surface area contributed by atoms with E-state index in [2.05, 4.69) is 25.6 Å². The van der Waals surface area contributed by atoms with Crippen molar-refractivity contribution in [3.05, 3.63) is 5.51 Å². The fraction of sp³-hybridized carbons (Fsp3) is 0.667. The van der Waals surface area contributed by atoms with Crippen molar-refractivity contribution in [2.24, 2.45) is 0 Å². The minimum absolute atomic E-state index is 0.153. The Morgan fingerprint density at radius 3 is 2.70 bits per heavy atom. The number of hydrogen-bond acceptors (Lipinski definition) is 6. The van der Waals surface area contributed by atoms with E-state index in [1.807, 2.05) is 0 Å². The maximum atomic E-state index is 11.4. The van der Waals surface area contributed by atoms with Gasteiger partial charge in [-0.15, -0.1) is 10.2 Å². The van der Waals surface area contributed by atoms with Crippen LogP contribution in [0.25, 0.3) is 0 Å². The van der Waals surface area contributed by atoms with Crippen LogP contribution in [0.4, 0.5) is 9.93 Å². The topological polar surface area (TPSA) is 93.2 Å². The van der Waals surface area contributed by atoms with E-state index >= 15 is 0 Å². The Morgan fingerprint density at radius 2 is 2.00 bits per heavy atom. The third-order valence-corrected chi connectivity index (χ3v) is 3.26. The van der Waals surface area contributed by atoms with E-state index in [0.717, 1.165) is 32.1 Å². The first-order valence-electron chi connectivity index (χ1n) is 6.60. The summed E-state index contributed by atoms with van der Waals surface area (Å²) in [4.78, 5) is 22.3. The number of nitrogens with one attached hydrogen (secondary N) is 2. The van der Waals surface area contributed by atoms with Gasteiger partial charge in [-0.25, -0.2) is 4.79 Å². The van der Waals surface area contributed by atoms with Gasteiger partial charge in [0, 0.05) is 13.0 Å². The van der Waals surface area contributed by atoms with Gasteiger partial charge in [-0.2, -0.15) is 0 Å². The predicted octanol–water partition coefficient (Wildman–Crippen LogP) is 2.17. The Labute approximate surface area is 122 Å². The van der Waals surface area contributed by atoms with Gasteiger partial charge in [0.25, 0.3) is 0 Å². The Morgan fingerprint density at radius 1 is 1.25 bits per heavy atom. The van der Waals surface area contributed by atoms with E-state index in [4.69, 9.17) is 0 Å². The lowest BCUT2D eigenvalue weighted by molar-refractivity contribution is -0.140. The molecule has 0 bridgehead atoms. The third kappa shape index (κ3) is 7.67. The van der Waals surface area contributed by atoms with E-state index in [-0.39, 0.29) is 12.0 Å². The fourth-order valence-corrected chi connectivity index (χ4v) is 2.04. The van der Waals surface area contributed by atoms with E-state index < -0.39 is 0 Å². The molecule has 1 aromatic heterocycles. The Bertz CT molecular complexity index is 397. The molecule has 1 rings (SSSR count). The molecule has 0 radical (unpaired) electrons. The highest BCUT2D eigenvalue weighted by atomic mass is 32.1. The van der Waals surface area contributed by atoms with Gasteiger partial charge < -0.3 is 10.1 Å². The normalized spacial score (nSPS) is 10.1. The summed E-state index contributed by atoms with van der Waals surface area (Å²) in [5.41, 5.74) is 1.56. The molecular weight excluding hydrogens is 280 g/mol. The molecule has 0 saturated carbocycles. The minimum atomic E-state index is -0.257. The zero-order chi connectivity index (χ0) is 14.6. The van der Waals surface area contributed by atoms with Gasteiger partial charge in [-0.3, -0.25) is 10.1 Å². The molecule has 20 heavy (non-hydrogen) atoms. The van der Waals surface area contributed by atoms with Crippen LogP contribution in [-0.2, 0) is 9.53 Å². The maximum Gasteiger partial charge on any atom is 0.321 e. The first-order chi connectivity index (χ1) is 9.72. The van der Waals surface area contributed by atoms with E-state index in [1.54, 1.807) is 5.51 Å². The number of rotatable bonds is 9. The van der Waals surface area contributed by atoms with Gasteiger partial charge in [0.05, 0.1) is 7.11 Å². The predicted molar refractivity (Wildman–Crippen MR) is 76.6 cm³/mol. The maximum absolute atomic E-state index is 11.4. The molecule has 0 atom stereocenters. The number of amides is 2. The number of anilines is 1. The summed E-state index contributed by atoms with van der Waals surface area (Å²) < 4.78 is 4.56. The van der Waals surface area contributed by atoms with Crippen molar-refractivity contribution in [3.63, 3.8) is 0 Å². The van der Waals surface area contributed by atoms with E-state index in [1.165, 1.54) is 18.4 Å². The summed E-state index contributed by atoms with van der Waals surface area (Å²) in [6.07, 6.45) is 5.35. The second-order valence-electron chi connectivity index (χ2n) is 4.22. The molecule has 0 aliphatic heterocycles. The molecule has 0 aliphatic carbocycles. The lowest BCUT2D eigenvalue weighted by Gasteiger charge is -2.05. The Hall–Kier alpha value is -1.70. The lowest BCUT2D eigenvalue weighted by Crippen LogP contribution is -2.29. The van der Waals surface area contributed by atoms with Crippen molar-refractivity contribution in [1.29, 1.82) is 0 Å². The Balaban J connectivity index is 1.89. The molecule has 0 saturated heterocycles. The van der Waals surface area contributed by atoms with Gasteiger partial charge in [0.2, 0.25) is 5.13 Å². The van der Waals surface area contributed by atoms with Crippen molar-refractivity contribution >= 4 is 28.5 Å². The molecule has 2 N–H and O–H groups in total. The quantitative estimate of drug-likeness (QED) is 0.538. The van der Waals surface area contributed by atoms with Crippen molar-refractivity contribution < 1.29 is 14.3 Å². The van der Waals surface area contributed by atoms with Gasteiger partial charge in [-0.1, -0.05) is 30.6 Å². The smallest absolute Gasteiger partial charge is 0.321 e. The van der Waals surface area contributed by atoms with Crippen LogP contribution in [-0.4, -0.2) is 35.9 Å². The molecule has 1 aromatic rings. The fourth-order valence-electron chi connectivity index (χ4n) is 1.60. The molecule has 0 fully saturated rings. The summed E-state index contributed by atoms with van der Waals surface area (Å²) in [7, 11) is 1.40. The standard InChI is InChI=1S/C12H20N4O3S/c1-19-10(17)7-5-3-2-4-6-8-13-11(18)15-12-16-14-9-20-12/h9H,2-8H2,1H3,(H2,13,15,16,18). The Kier molecular flexibility index (Phi) is 8.28. The second-order valence-corrected chi connectivity index (χ2v) is 5.05. The molecule has 8 heteroatoms. The molecule has 7 nitrogen and oxygen atoms in total. The number of aromatic nitrogens is 2. The first kappa shape index (κ1) is 16.4. The number of carbonyl (C=O) groups is 2. The van der Waals surface area contributed by atoms with Crippen LogP contribution in [0, 0.1) is 0 Å². The summed E-state index contributed by atoms with van der Waals surface area (Å²) in [5, 5.41) is 13.2. The number of esters is 1. The average Bonchev–Trinajstić information content (AvgIpc) is 2.94. The van der Waals surface area contributed by atoms with Crippen molar-refractivity contribution in [2.45, 2.75) is 38.5 Å². The number of hydrogen-bond donors (Lipinski definition) is 2. The van der Waals surface area contributed by atoms with Gasteiger partial charge in [0.15, 0.2) is 0 Å². The monoisotopic (exact) mass is 300 g/mol. The lowest BCUT2D eigenvalue weighted by atomic mass is 10.1. The minimum Gasteiger partial charge on any atom is -0.469 e. The van der Waals surface area contributed by atoms with Crippen LogP contribution in [0.15, 0.2) is 5.51 Å². The second kappa shape index (κ2) is 10.1. The highest BCUT2D eigenvalue weighted by Gasteiger charge is 2.03. The van der Waals surface area contributed by atoms with Crippen LogP contribution in [0.5, 0.6) is 0 Å². The number of urea groups is 1. The summed E-state index contributed by atoms with van der Waals surface area (Å²) in [6, 6.07) is -0.257. The highest BCUT2D eigenvalue weighted by molar-refractivity contribution is 7.13. The van der Waals surface area contributed by atoms with Crippen molar-refractivity contribution in [3.8, 4) is 0 Å². The molecule has 0 aromatic carbocycles. The van der Waals surface area contributed by atoms with Gasteiger partial charge >= 0.3 is 12.0 Å². The summed E-state index contributed by atoms with van der Waals surface area (Å²) in [5.74, 6) is -0.153. The molecule has 112 valence electrons. The molecule has 1 heterocycles. The number of ether oxygens (including phenoxy) is 1. The van der Waals surface area contributed by atoms with Crippen molar-refractivity contribution in [1.82, 2.24) is 15.5 Å². The zero-order valence-corrected chi connectivity index (χ0v) is 12.4. The van der Waals surface area contributed by atoms with Crippen LogP contribution >= 0.6 is 11.3 Å². The molecule has 0 aliphatic rings. The van der Waals surface area contributed by atoms with Crippen LogP contribution in [0.1, 0.15) is 38.5 Å². The number of carbonyl (C=O) groups excluding carboxylic acids is 2. The first-order valence-corrected chi connectivity index (χ1v) is 7.48. The van der Waals surface area contributed by atoms with Crippen LogP contribution < -0.4 is 10.6 Å². The SMILES string of the molecule is COC(=O)CCCCCCCNC(=O)Nc1nncs1. The number of nitrogens with zero attached hydrogens (tertiary/aromatic N) is 2. The summed E-state index contributed by atoms with van der Waals surface area (Å²) >= 11 is 1.28.